The van der Waals surface area contributed by atoms with Crippen molar-refractivity contribution in [1.29, 1.82) is 0 Å². The van der Waals surface area contributed by atoms with Crippen molar-refractivity contribution in [3.63, 3.8) is 0 Å². The zero-order valence-corrected chi connectivity index (χ0v) is 10.5. The molecule has 0 aliphatic rings. The molecule has 1 N–H and O–H groups in total. The number of nitrogens with zero attached hydrogens (tertiary/aromatic N) is 2. The number of rotatable bonds is 5. The van der Waals surface area contributed by atoms with E-state index in [1.807, 2.05) is 0 Å². The molecule has 1 heterocycles. The first-order valence-electron chi connectivity index (χ1n) is 5.58. The molecule has 1 aromatic heterocycles. The number of carbonyl (C=O) groups is 2. The van der Waals surface area contributed by atoms with Gasteiger partial charge in [0.25, 0.3) is 0 Å². The van der Waals surface area contributed by atoms with E-state index in [9.17, 15) is 9.59 Å². The Labute approximate surface area is 104 Å². The Kier molecular flexibility index (Phi) is 4.30. The van der Waals surface area contributed by atoms with Crippen LogP contribution in [-0.2, 0) is 9.53 Å². The molecular weight excluding hydrogens is 240 g/mol. The molecular formula is C11H16N2O5. The Bertz CT molecular complexity index is 442. The SMILES string of the molecule is CCOC(=O)C(C)(CC)Oc1ccn(C(=O)O)n1. The number of ether oxygens (including phenoxy) is 2. The van der Waals surface area contributed by atoms with E-state index in [0.29, 0.717) is 11.1 Å². The highest BCUT2D eigenvalue weighted by Crippen LogP contribution is 2.21. The van der Waals surface area contributed by atoms with Gasteiger partial charge in [0.1, 0.15) is 0 Å². The van der Waals surface area contributed by atoms with Crippen LogP contribution in [-0.4, -0.2) is 39.2 Å². The van der Waals surface area contributed by atoms with Gasteiger partial charge >= 0.3 is 12.1 Å². The van der Waals surface area contributed by atoms with Crippen LogP contribution >= 0.6 is 0 Å². The van der Waals surface area contributed by atoms with Gasteiger partial charge in [-0.3, -0.25) is 0 Å². The highest BCUT2D eigenvalue weighted by molar-refractivity contribution is 5.79. The number of carbonyl (C=O) groups excluding carboxylic acids is 1. The van der Waals surface area contributed by atoms with Crippen LogP contribution in [0.25, 0.3) is 0 Å². The quantitative estimate of drug-likeness (QED) is 0.803. The van der Waals surface area contributed by atoms with E-state index in [1.54, 1.807) is 20.8 Å². The molecule has 1 atom stereocenters. The summed E-state index contributed by atoms with van der Waals surface area (Å²) >= 11 is 0. The summed E-state index contributed by atoms with van der Waals surface area (Å²) < 4.78 is 11.0. The van der Waals surface area contributed by atoms with Gasteiger partial charge in [-0.15, -0.1) is 5.10 Å². The molecule has 0 aromatic carbocycles. The van der Waals surface area contributed by atoms with Crippen molar-refractivity contribution < 1.29 is 24.2 Å². The fourth-order valence-electron chi connectivity index (χ4n) is 1.24. The normalized spacial score (nSPS) is 13.7. The topological polar surface area (TPSA) is 90.7 Å². The second-order valence-corrected chi connectivity index (χ2v) is 3.79. The Morgan fingerprint density at radius 3 is 2.61 bits per heavy atom. The fraction of sp³-hybridized carbons (Fsp3) is 0.545. The largest absolute Gasteiger partial charge is 0.463 e. The molecule has 1 rings (SSSR count). The highest BCUT2D eigenvalue weighted by atomic mass is 16.6. The molecule has 1 unspecified atom stereocenters. The third-order valence-corrected chi connectivity index (χ3v) is 2.47. The minimum Gasteiger partial charge on any atom is -0.463 e. The number of hydrogen-bond donors (Lipinski definition) is 1. The van der Waals surface area contributed by atoms with Crippen LogP contribution < -0.4 is 4.74 Å². The lowest BCUT2D eigenvalue weighted by Gasteiger charge is -2.25. The lowest BCUT2D eigenvalue weighted by Crippen LogP contribution is -2.42. The molecule has 0 saturated heterocycles. The molecule has 0 radical (unpaired) electrons. The predicted octanol–water partition coefficient (Wildman–Crippen LogP) is 1.52. The standard InChI is InChI=1S/C11H16N2O5/c1-4-11(3,9(14)17-5-2)18-8-6-7-13(12-8)10(15)16/h6-7H,4-5H2,1-3H3,(H,15,16). The van der Waals surface area contributed by atoms with Crippen LogP contribution in [0, 0.1) is 0 Å². The molecule has 18 heavy (non-hydrogen) atoms. The Morgan fingerprint density at radius 1 is 1.50 bits per heavy atom. The molecule has 0 amide bonds. The molecule has 0 fully saturated rings. The van der Waals surface area contributed by atoms with Crippen molar-refractivity contribution >= 4 is 12.1 Å². The number of esters is 1. The van der Waals surface area contributed by atoms with Crippen molar-refractivity contribution in [3.8, 4) is 5.88 Å². The fourth-order valence-corrected chi connectivity index (χ4v) is 1.24. The molecule has 1 aromatic rings. The van der Waals surface area contributed by atoms with Gasteiger partial charge in [0.05, 0.1) is 6.61 Å². The third kappa shape index (κ3) is 2.99. The Morgan fingerprint density at radius 2 is 2.17 bits per heavy atom. The summed E-state index contributed by atoms with van der Waals surface area (Å²) in [5.74, 6) is -0.438. The minimum absolute atomic E-state index is 0.0646. The summed E-state index contributed by atoms with van der Waals surface area (Å²) in [4.78, 5) is 22.4. The second-order valence-electron chi connectivity index (χ2n) is 3.79. The van der Waals surface area contributed by atoms with E-state index in [4.69, 9.17) is 14.6 Å². The van der Waals surface area contributed by atoms with Gasteiger partial charge in [0.15, 0.2) is 0 Å². The summed E-state index contributed by atoms with van der Waals surface area (Å²) in [6.07, 6.45) is 0.393. The lowest BCUT2D eigenvalue weighted by atomic mass is 10.0. The highest BCUT2D eigenvalue weighted by Gasteiger charge is 2.36. The van der Waals surface area contributed by atoms with Gasteiger partial charge in [-0.1, -0.05) is 6.92 Å². The average molecular weight is 256 g/mol. The number of aromatic nitrogens is 2. The molecule has 0 bridgehead atoms. The molecule has 0 aliphatic heterocycles. The van der Waals surface area contributed by atoms with Gasteiger partial charge in [-0.05, 0) is 20.3 Å². The summed E-state index contributed by atoms with van der Waals surface area (Å²) in [6, 6.07) is 1.38. The summed E-state index contributed by atoms with van der Waals surface area (Å²) in [6.45, 7) is 5.30. The van der Waals surface area contributed by atoms with Crippen LogP contribution in [0.2, 0.25) is 0 Å². The third-order valence-electron chi connectivity index (χ3n) is 2.47. The van der Waals surface area contributed by atoms with E-state index in [-0.39, 0.29) is 12.5 Å². The Balaban J connectivity index is 2.84. The predicted molar refractivity (Wildman–Crippen MR) is 61.6 cm³/mol. The van der Waals surface area contributed by atoms with Gasteiger partial charge in [-0.25, -0.2) is 9.59 Å². The first-order chi connectivity index (χ1) is 8.42. The van der Waals surface area contributed by atoms with E-state index >= 15 is 0 Å². The smallest absolute Gasteiger partial charge is 0.432 e. The average Bonchev–Trinajstić information content (AvgIpc) is 2.77. The zero-order chi connectivity index (χ0) is 13.8. The first kappa shape index (κ1) is 14.0. The van der Waals surface area contributed by atoms with Gasteiger partial charge in [0.2, 0.25) is 11.5 Å². The second kappa shape index (κ2) is 5.52. The van der Waals surface area contributed by atoms with E-state index in [2.05, 4.69) is 5.10 Å². The maximum absolute atomic E-state index is 11.7. The maximum Gasteiger partial charge on any atom is 0.432 e. The number of carboxylic acid groups (broad SMARTS) is 1. The van der Waals surface area contributed by atoms with Crippen LogP contribution in [0.1, 0.15) is 27.2 Å². The van der Waals surface area contributed by atoms with E-state index in [0.717, 1.165) is 0 Å². The molecule has 7 nitrogen and oxygen atoms in total. The van der Waals surface area contributed by atoms with Crippen LogP contribution in [0.3, 0.4) is 0 Å². The minimum atomic E-state index is -1.22. The lowest BCUT2D eigenvalue weighted by molar-refractivity contribution is -0.160. The number of hydrogen-bond acceptors (Lipinski definition) is 5. The summed E-state index contributed by atoms with van der Waals surface area (Å²) in [5, 5.41) is 12.4. The van der Waals surface area contributed by atoms with Crippen molar-refractivity contribution in [2.24, 2.45) is 0 Å². The molecule has 0 saturated carbocycles. The molecule has 0 spiro atoms. The van der Waals surface area contributed by atoms with Crippen LogP contribution in [0.15, 0.2) is 12.3 Å². The van der Waals surface area contributed by atoms with Gasteiger partial charge in [0, 0.05) is 12.3 Å². The molecule has 7 heteroatoms. The van der Waals surface area contributed by atoms with Crippen LogP contribution in [0.4, 0.5) is 4.79 Å². The monoisotopic (exact) mass is 256 g/mol. The van der Waals surface area contributed by atoms with Crippen molar-refractivity contribution in [1.82, 2.24) is 9.78 Å². The van der Waals surface area contributed by atoms with Crippen LogP contribution in [0.5, 0.6) is 5.88 Å². The van der Waals surface area contributed by atoms with Crippen molar-refractivity contribution in [3.05, 3.63) is 12.3 Å². The molecule has 0 aliphatic carbocycles. The van der Waals surface area contributed by atoms with Gasteiger partial charge in [-0.2, -0.15) is 4.68 Å². The Hall–Kier alpha value is -2.05. The van der Waals surface area contributed by atoms with E-state index < -0.39 is 17.7 Å². The van der Waals surface area contributed by atoms with Crippen molar-refractivity contribution in [2.45, 2.75) is 32.8 Å². The zero-order valence-electron chi connectivity index (χ0n) is 10.5. The summed E-state index contributed by atoms with van der Waals surface area (Å²) in [5.41, 5.74) is -1.17. The first-order valence-corrected chi connectivity index (χ1v) is 5.58. The maximum atomic E-state index is 11.7. The summed E-state index contributed by atoms with van der Waals surface area (Å²) in [7, 11) is 0. The van der Waals surface area contributed by atoms with Crippen molar-refractivity contribution in [2.75, 3.05) is 6.61 Å². The van der Waals surface area contributed by atoms with Gasteiger partial charge < -0.3 is 14.6 Å². The molecule has 100 valence electrons. The van der Waals surface area contributed by atoms with E-state index in [1.165, 1.54) is 12.3 Å².